The molecule has 0 saturated carbocycles. The van der Waals surface area contributed by atoms with Crippen molar-refractivity contribution in [3.05, 3.63) is 149 Å². The second kappa shape index (κ2) is 18.8. The monoisotopic (exact) mass is 792 g/mol. The average molecular weight is 793 g/mol. The van der Waals surface area contributed by atoms with Crippen molar-refractivity contribution in [1.29, 1.82) is 0 Å². The molecule has 5 rings (SSSR count). The van der Waals surface area contributed by atoms with Gasteiger partial charge in [0.1, 0.15) is 16.7 Å². The van der Waals surface area contributed by atoms with E-state index in [1.54, 1.807) is 24.3 Å². The van der Waals surface area contributed by atoms with Gasteiger partial charge in [-0.1, -0.05) is 53.1 Å². The topological polar surface area (TPSA) is 172 Å². The fourth-order valence-corrected chi connectivity index (χ4v) is 7.43. The molecule has 11 nitrogen and oxygen atoms in total. The van der Waals surface area contributed by atoms with Gasteiger partial charge in [-0.05, 0) is 49.6 Å². The summed E-state index contributed by atoms with van der Waals surface area (Å²) >= 11 is 0. The minimum Gasteiger partial charge on any atom is -0.744 e. The van der Waals surface area contributed by atoms with Crippen LogP contribution in [0.15, 0.2) is 129 Å². The summed E-state index contributed by atoms with van der Waals surface area (Å²) < 4.78 is 104. The zero-order chi connectivity index (χ0) is 37.0. The summed E-state index contributed by atoms with van der Waals surface area (Å²) in [5.41, 5.74) is 4.99. The van der Waals surface area contributed by atoms with E-state index in [2.05, 4.69) is 12.1 Å². The second-order valence-electron chi connectivity index (χ2n) is 11.5. The standard InChI is InChI=1S/C37H35N2O9S3.2Na/c1-3-38(25-27-9-7-12-34(23-27)49(40,41)42)32-19-15-28(16-20-32)37(30-11-8-13-35(24-30)50(43,44)45)29-17-21-33(22-18-29)39(4-2)26-31-10-5-6-14-36(31)51(46,47)48;;/h5-13,15-23H,3-4,25-26H2,1-2H3,(H,40,41,42)(H,43,44,45)(H,46,47,48);;/q-1;2*+1/p-1. The number of allylic oxidation sites excluding steroid dienone is 5. The van der Waals surface area contributed by atoms with E-state index in [-0.39, 0.29) is 75.5 Å². The molecule has 0 bridgehead atoms. The van der Waals surface area contributed by atoms with Crippen LogP contribution in [0.4, 0.5) is 5.69 Å². The van der Waals surface area contributed by atoms with E-state index < -0.39 is 35.2 Å². The van der Waals surface area contributed by atoms with Gasteiger partial charge < -0.3 is 9.45 Å². The van der Waals surface area contributed by atoms with Crippen LogP contribution in [0, 0.1) is 12.1 Å². The van der Waals surface area contributed by atoms with Gasteiger partial charge in [-0.3, -0.25) is 9.11 Å². The number of rotatable bonds is 12. The normalized spacial score (nSPS) is 12.8. The largest absolute Gasteiger partial charge is 1.00 e. The predicted molar refractivity (Wildman–Crippen MR) is 192 cm³/mol. The summed E-state index contributed by atoms with van der Waals surface area (Å²) in [4.78, 5) is 0.932. The summed E-state index contributed by atoms with van der Waals surface area (Å²) in [6.45, 7) is 5.43. The molecule has 0 spiro atoms. The Morgan fingerprint density at radius 3 is 2.06 bits per heavy atom. The van der Waals surface area contributed by atoms with E-state index in [1.165, 1.54) is 36.4 Å². The number of benzene rings is 4. The molecule has 1 aliphatic rings. The van der Waals surface area contributed by atoms with E-state index in [1.807, 2.05) is 71.9 Å². The molecular formula is C37H34N2Na2O9S3. The summed E-state index contributed by atoms with van der Waals surface area (Å²) in [5, 5.41) is 0. The molecule has 0 saturated heterocycles. The summed E-state index contributed by atoms with van der Waals surface area (Å²) in [7, 11) is -13.6. The van der Waals surface area contributed by atoms with Crippen molar-refractivity contribution in [2.75, 3.05) is 18.0 Å². The molecule has 4 aromatic carbocycles. The van der Waals surface area contributed by atoms with Crippen LogP contribution in [0.3, 0.4) is 0 Å². The second-order valence-corrected chi connectivity index (χ2v) is 15.6. The fraction of sp³-hybridized carbons (Fsp3) is 0.162. The average Bonchev–Trinajstić information content (AvgIpc) is 3.10. The van der Waals surface area contributed by atoms with Crippen LogP contribution in [0.5, 0.6) is 0 Å². The maximum absolute atomic E-state index is 12.0. The fourth-order valence-electron chi connectivity index (χ4n) is 5.72. The molecule has 0 heterocycles. The number of hydrogen-bond acceptors (Lipinski definition) is 8. The number of nitrogens with zero attached hydrogens (tertiary/aromatic N) is 2. The minimum atomic E-state index is -4.61. The SMILES string of the molecule is CCN(Cc1ccc[c-]c1S(=O)(=O)O)c1ccc(C(=C2C=CC(=[N+](CC)Cc3cccc(S(=O)(=O)[O-])c3)C=C2)c2[c-]c(S(=O)(=O)O)ccc2)cc1.[Na+].[Na+]. The van der Waals surface area contributed by atoms with Gasteiger partial charge in [0.25, 0.3) is 20.2 Å². The Labute approximate surface area is 355 Å². The van der Waals surface area contributed by atoms with Crippen LogP contribution in [-0.4, -0.2) is 62.3 Å². The first-order valence-electron chi connectivity index (χ1n) is 15.7. The molecule has 0 aliphatic heterocycles. The Hall–Kier alpha value is -2.70. The van der Waals surface area contributed by atoms with Crippen LogP contribution in [0.2, 0.25) is 0 Å². The van der Waals surface area contributed by atoms with Crippen molar-refractivity contribution >= 4 is 47.3 Å². The van der Waals surface area contributed by atoms with Crippen molar-refractivity contribution in [1.82, 2.24) is 0 Å². The summed E-state index contributed by atoms with van der Waals surface area (Å²) in [6, 6.07) is 27.8. The summed E-state index contributed by atoms with van der Waals surface area (Å²) in [6.07, 6.45) is 7.46. The van der Waals surface area contributed by atoms with Crippen LogP contribution in [0.25, 0.3) is 5.57 Å². The molecule has 2 N–H and O–H groups in total. The molecule has 0 radical (unpaired) electrons. The molecule has 266 valence electrons. The zero-order valence-corrected chi connectivity index (χ0v) is 36.0. The maximum Gasteiger partial charge on any atom is 1.00 e. The molecule has 0 fully saturated rings. The van der Waals surface area contributed by atoms with Crippen LogP contribution in [0.1, 0.15) is 36.1 Å². The van der Waals surface area contributed by atoms with Crippen molar-refractivity contribution in [2.24, 2.45) is 0 Å². The molecule has 4 aromatic rings. The van der Waals surface area contributed by atoms with Gasteiger partial charge in [-0.2, -0.15) is 41.1 Å². The van der Waals surface area contributed by atoms with E-state index in [0.29, 0.717) is 53.0 Å². The first-order chi connectivity index (χ1) is 24.1. The van der Waals surface area contributed by atoms with E-state index >= 15 is 0 Å². The Kier molecular flexibility index (Phi) is 15.8. The molecule has 0 amide bonds. The first-order valence-corrected chi connectivity index (χ1v) is 20.0. The van der Waals surface area contributed by atoms with E-state index in [9.17, 15) is 38.9 Å². The number of anilines is 1. The van der Waals surface area contributed by atoms with E-state index in [0.717, 1.165) is 11.4 Å². The van der Waals surface area contributed by atoms with Gasteiger partial charge in [-0.15, -0.1) is 35.4 Å². The van der Waals surface area contributed by atoms with Crippen molar-refractivity contribution in [3.63, 3.8) is 0 Å². The third-order valence-corrected chi connectivity index (χ3v) is 10.7. The summed E-state index contributed by atoms with van der Waals surface area (Å²) in [5.74, 6) is 0. The predicted octanol–water partition coefficient (Wildman–Crippen LogP) is -0.680. The smallest absolute Gasteiger partial charge is 0.744 e. The Bertz CT molecular complexity index is 2410. The maximum atomic E-state index is 12.0. The Balaban J connectivity index is 0.00000378. The van der Waals surface area contributed by atoms with Gasteiger partial charge in [0.15, 0.2) is 12.3 Å². The molecular weight excluding hydrogens is 759 g/mol. The van der Waals surface area contributed by atoms with Crippen LogP contribution < -0.4 is 64.0 Å². The number of hydrogen-bond donors (Lipinski definition) is 2. The first kappa shape index (κ1) is 44.7. The van der Waals surface area contributed by atoms with Gasteiger partial charge in [0.05, 0.1) is 4.90 Å². The molecule has 0 aromatic heterocycles. The molecule has 53 heavy (non-hydrogen) atoms. The van der Waals surface area contributed by atoms with Gasteiger partial charge in [0.2, 0.25) is 0 Å². The zero-order valence-electron chi connectivity index (χ0n) is 29.6. The van der Waals surface area contributed by atoms with Crippen molar-refractivity contribution in [2.45, 2.75) is 41.6 Å². The van der Waals surface area contributed by atoms with Crippen molar-refractivity contribution < 1.29 is 103 Å². The van der Waals surface area contributed by atoms with Gasteiger partial charge in [0, 0.05) is 34.8 Å². The van der Waals surface area contributed by atoms with Gasteiger partial charge >= 0.3 is 59.1 Å². The third kappa shape index (κ3) is 11.4. The van der Waals surface area contributed by atoms with Crippen LogP contribution in [-0.2, 0) is 43.4 Å². The molecule has 0 unspecified atom stereocenters. The van der Waals surface area contributed by atoms with Gasteiger partial charge in [-0.25, -0.2) is 13.0 Å². The van der Waals surface area contributed by atoms with Crippen LogP contribution >= 0.6 is 0 Å². The Morgan fingerprint density at radius 1 is 0.811 bits per heavy atom. The van der Waals surface area contributed by atoms with E-state index in [4.69, 9.17) is 0 Å². The quantitative estimate of drug-likeness (QED) is 0.0811. The minimum absolute atomic E-state index is 0. The Morgan fingerprint density at radius 2 is 1.47 bits per heavy atom. The molecule has 0 atom stereocenters. The van der Waals surface area contributed by atoms with Crippen molar-refractivity contribution in [3.8, 4) is 0 Å². The molecule has 16 heteroatoms. The third-order valence-electron chi connectivity index (χ3n) is 8.20. The molecule has 1 aliphatic carbocycles.